The predicted molar refractivity (Wildman–Crippen MR) is 125 cm³/mol. The van der Waals surface area contributed by atoms with E-state index in [1.54, 1.807) is 0 Å². The third-order valence-electron chi connectivity index (χ3n) is 7.72. The van der Waals surface area contributed by atoms with Gasteiger partial charge in [-0.3, -0.25) is 0 Å². The quantitative estimate of drug-likeness (QED) is 0.500. The van der Waals surface area contributed by atoms with Crippen LogP contribution in [-0.4, -0.2) is 50.3 Å². The van der Waals surface area contributed by atoms with Gasteiger partial charge >= 0.3 is 0 Å². The Morgan fingerprint density at radius 1 is 0.464 bits per heavy atom. The number of hydrogen-bond donors (Lipinski definition) is 4. The molecule has 4 N–H and O–H groups in total. The molecule has 1 heterocycles. The third-order valence-corrected chi connectivity index (χ3v) is 7.72. The summed E-state index contributed by atoms with van der Waals surface area (Å²) < 4.78 is 0. The van der Waals surface area contributed by atoms with Gasteiger partial charge in [-0.05, 0) is 23.7 Å². The molecule has 1 fully saturated rings. The van der Waals surface area contributed by atoms with Gasteiger partial charge in [-0.25, -0.2) is 0 Å². The molecule has 0 aromatic carbocycles. The molecule has 0 bridgehead atoms. The van der Waals surface area contributed by atoms with Crippen LogP contribution in [0.2, 0.25) is 0 Å². The van der Waals surface area contributed by atoms with E-state index in [0.717, 1.165) is 26.2 Å². The van der Waals surface area contributed by atoms with Crippen molar-refractivity contribution in [3.8, 4) is 0 Å². The molecule has 0 spiro atoms. The Hall–Kier alpha value is -0.160. The van der Waals surface area contributed by atoms with Gasteiger partial charge in [0, 0.05) is 50.3 Å². The molecular formula is C24H52N4. The fourth-order valence-electron chi connectivity index (χ4n) is 4.15. The van der Waals surface area contributed by atoms with Crippen molar-refractivity contribution in [2.24, 2.45) is 23.7 Å². The first-order chi connectivity index (χ1) is 13.4. The molecule has 4 heteroatoms. The van der Waals surface area contributed by atoms with Crippen LogP contribution in [0.1, 0.15) is 81.1 Å². The molecule has 1 rings (SSSR count). The number of hydrogen-bond acceptors (Lipinski definition) is 4. The highest BCUT2D eigenvalue weighted by Gasteiger charge is 2.26. The van der Waals surface area contributed by atoms with Crippen molar-refractivity contribution in [3.63, 3.8) is 0 Å². The minimum Gasteiger partial charge on any atom is -0.311 e. The van der Waals surface area contributed by atoms with E-state index in [0.29, 0.717) is 47.8 Å². The van der Waals surface area contributed by atoms with Crippen LogP contribution in [0, 0.1) is 23.7 Å². The molecule has 168 valence electrons. The standard InChI is InChI=1S/C24H52N4/c1-9-17(5)21-13-26-23(19(7)11-3)15-28-24(20(8)12-4)16-27-22(14-25-21)18(6)10-2/h17-28H,9-16H2,1-8H3/t17?,18?,19?,20?,21-,22-,23-,24-/m0/s1. The van der Waals surface area contributed by atoms with Gasteiger partial charge in [0.25, 0.3) is 0 Å². The highest BCUT2D eigenvalue weighted by molar-refractivity contribution is 4.88. The first-order valence-electron chi connectivity index (χ1n) is 12.3. The van der Waals surface area contributed by atoms with E-state index in [9.17, 15) is 0 Å². The summed E-state index contributed by atoms with van der Waals surface area (Å²) in [5.74, 6) is 2.75. The SMILES string of the molecule is CCC(C)[C@@H]1CN[C@H](C(C)CC)CN[C@H](C(C)CC)CN[C@H](C(C)CC)CN1. The van der Waals surface area contributed by atoms with E-state index in [1.807, 2.05) is 0 Å². The van der Waals surface area contributed by atoms with Crippen LogP contribution in [-0.2, 0) is 0 Å². The average Bonchev–Trinajstić information content (AvgIpc) is 2.71. The van der Waals surface area contributed by atoms with E-state index in [1.165, 1.54) is 25.7 Å². The summed E-state index contributed by atoms with van der Waals surface area (Å²) in [5.41, 5.74) is 0. The van der Waals surface area contributed by atoms with Crippen LogP contribution in [0.3, 0.4) is 0 Å². The molecule has 28 heavy (non-hydrogen) atoms. The largest absolute Gasteiger partial charge is 0.311 e. The minimum atomic E-state index is 0.537. The molecule has 4 unspecified atom stereocenters. The zero-order valence-corrected chi connectivity index (χ0v) is 20.3. The van der Waals surface area contributed by atoms with Gasteiger partial charge in [-0.2, -0.15) is 0 Å². The molecular weight excluding hydrogens is 344 g/mol. The van der Waals surface area contributed by atoms with Crippen molar-refractivity contribution in [3.05, 3.63) is 0 Å². The average molecular weight is 397 g/mol. The zero-order chi connectivity index (χ0) is 21.1. The van der Waals surface area contributed by atoms with Gasteiger partial charge < -0.3 is 21.3 Å². The first kappa shape index (κ1) is 25.9. The molecule has 0 saturated carbocycles. The lowest BCUT2D eigenvalue weighted by Crippen LogP contribution is -2.58. The maximum atomic E-state index is 3.94. The van der Waals surface area contributed by atoms with E-state index < -0.39 is 0 Å². The Balaban J connectivity index is 2.98. The molecule has 0 aromatic rings. The summed E-state index contributed by atoms with van der Waals surface area (Å²) in [6, 6.07) is 2.15. The van der Waals surface area contributed by atoms with Gasteiger partial charge in [0.15, 0.2) is 0 Å². The Morgan fingerprint density at radius 2 is 0.643 bits per heavy atom. The number of nitrogens with one attached hydrogen (secondary N) is 4. The number of rotatable bonds is 8. The maximum absolute atomic E-state index is 3.94. The minimum absolute atomic E-state index is 0.537. The summed E-state index contributed by atoms with van der Waals surface area (Å²) >= 11 is 0. The van der Waals surface area contributed by atoms with Crippen molar-refractivity contribution in [1.29, 1.82) is 0 Å². The summed E-state index contributed by atoms with van der Waals surface area (Å²) in [6.45, 7) is 23.1. The maximum Gasteiger partial charge on any atom is 0.0218 e. The van der Waals surface area contributed by atoms with E-state index in [-0.39, 0.29) is 0 Å². The molecule has 1 saturated heterocycles. The van der Waals surface area contributed by atoms with Gasteiger partial charge in [-0.15, -0.1) is 0 Å². The second-order valence-corrected chi connectivity index (χ2v) is 9.60. The second-order valence-electron chi connectivity index (χ2n) is 9.60. The molecule has 1 aliphatic rings. The summed E-state index contributed by atoms with van der Waals surface area (Å²) in [7, 11) is 0. The van der Waals surface area contributed by atoms with E-state index in [2.05, 4.69) is 76.7 Å². The van der Waals surface area contributed by atoms with E-state index >= 15 is 0 Å². The van der Waals surface area contributed by atoms with Crippen molar-refractivity contribution in [2.45, 2.75) is 105 Å². The van der Waals surface area contributed by atoms with Crippen LogP contribution >= 0.6 is 0 Å². The van der Waals surface area contributed by atoms with Crippen molar-refractivity contribution < 1.29 is 0 Å². The lowest BCUT2D eigenvalue weighted by atomic mass is 9.92. The zero-order valence-electron chi connectivity index (χ0n) is 20.3. The van der Waals surface area contributed by atoms with Crippen molar-refractivity contribution in [2.75, 3.05) is 26.2 Å². The summed E-state index contributed by atoms with van der Waals surface area (Å²) in [5, 5.41) is 15.8. The monoisotopic (exact) mass is 396 g/mol. The first-order valence-corrected chi connectivity index (χ1v) is 12.3. The topological polar surface area (TPSA) is 48.1 Å². The molecule has 4 nitrogen and oxygen atoms in total. The molecule has 0 amide bonds. The fourth-order valence-corrected chi connectivity index (χ4v) is 4.15. The molecule has 0 aromatic heterocycles. The Morgan fingerprint density at radius 3 is 0.786 bits per heavy atom. The lowest BCUT2D eigenvalue weighted by Gasteiger charge is -2.36. The van der Waals surface area contributed by atoms with Crippen LogP contribution in [0.5, 0.6) is 0 Å². The van der Waals surface area contributed by atoms with Crippen LogP contribution in [0.4, 0.5) is 0 Å². The highest BCUT2D eigenvalue weighted by Crippen LogP contribution is 2.15. The summed E-state index contributed by atoms with van der Waals surface area (Å²) in [4.78, 5) is 0. The fraction of sp³-hybridized carbons (Fsp3) is 1.00. The molecule has 0 radical (unpaired) electrons. The molecule has 1 aliphatic heterocycles. The Bertz CT molecular complexity index is 301. The van der Waals surface area contributed by atoms with Crippen molar-refractivity contribution in [1.82, 2.24) is 21.3 Å². The van der Waals surface area contributed by atoms with Crippen LogP contribution in [0.25, 0.3) is 0 Å². The smallest absolute Gasteiger partial charge is 0.0218 e. The Kier molecular flexibility index (Phi) is 12.9. The summed E-state index contributed by atoms with van der Waals surface area (Å²) in [6.07, 6.45) is 4.90. The van der Waals surface area contributed by atoms with Crippen molar-refractivity contribution >= 4 is 0 Å². The van der Waals surface area contributed by atoms with Gasteiger partial charge in [0.1, 0.15) is 0 Å². The normalized spacial score (nSPS) is 32.6. The Labute approximate surface area is 176 Å². The molecule has 8 atom stereocenters. The van der Waals surface area contributed by atoms with Gasteiger partial charge in [-0.1, -0.05) is 81.1 Å². The van der Waals surface area contributed by atoms with Crippen LogP contribution < -0.4 is 21.3 Å². The highest BCUT2D eigenvalue weighted by atomic mass is 15.1. The van der Waals surface area contributed by atoms with Gasteiger partial charge in [0.2, 0.25) is 0 Å². The predicted octanol–water partition coefficient (Wildman–Crippen LogP) is 4.02. The second kappa shape index (κ2) is 14.0. The lowest BCUT2D eigenvalue weighted by molar-refractivity contribution is 0.238. The van der Waals surface area contributed by atoms with E-state index in [4.69, 9.17) is 0 Å². The third kappa shape index (κ3) is 8.30. The van der Waals surface area contributed by atoms with Crippen LogP contribution in [0.15, 0.2) is 0 Å². The molecule has 0 aliphatic carbocycles. The van der Waals surface area contributed by atoms with Gasteiger partial charge in [0.05, 0.1) is 0 Å².